The molecule has 0 aliphatic carbocycles. The zero-order valence-electron chi connectivity index (χ0n) is 4.97. The molecule has 0 heterocycles. The molecule has 2 heteroatoms. The van der Waals surface area contributed by atoms with E-state index in [0.717, 1.165) is 0 Å². The maximum absolute atomic E-state index is 8.44. The summed E-state index contributed by atoms with van der Waals surface area (Å²) in [5.41, 5.74) is -0.389. The molecule has 0 aromatic carbocycles. The normalized spacial score (nSPS) is 11.2. The van der Waals surface area contributed by atoms with E-state index in [2.05, 4.69) is 0 Å². The van der Waals surface area contributed by atoms with E-state index in [9.17, 15) is 0 Å². The largest absolute Gasteiger partial charge is 0.368 e. The third-order valence-corrected chi connectivity index (χ3v) is 0.775. The molecule has 0 spiro atoms. The van der Waals surface area contributed by atoms with Crippen molar-refractivity contribution in [2.75, 3.05) is 0 Å². The molecule has 0 fully saturated rings. The average molecular weight is 120 g/mol. The highest BCUT2D eigenvalue weighted by atomic mass is 16.5. The molecule has 0 saturated heterocycles. The van der Waals surface area contributed by atoms with Crippen molar-refractivity contribution in [2.45, 2.75) is 34.5 Å². The number of hydrogen-bond donors (Lipinski definition) is 2. The second kappa shape index (κ2) is 3.05. The van der Waals surface area contributed by atoms with Crippen molar-refractivity contribution in [1.29, 1.82) is 0 Å². The molecule has 8 heavy (non-hydrogen) atoms. The van der Waals surface area contributed by atoms with Gasteiger partial charge < -0.3 is 10.2 Å². The molecule has 0 atom stereocenters. The highest BCUT2D eigenvalue weighted by Crippen LogP contribution is 2.15. The van der Waals surface area contributed by atoms with E-state index in [1.165, 1.54) is 0 Å². The summed E-state index contributed by atoms with van der Waals surface area (Å²) in [4.78, 5) is 0. The molecule has 0 amide bonds. The minimum absolute atomic E-state index is 0. The van der Waals surface area contributed by atoms with E-state index >= 15 is 0 Å². The second-order valence-corrected chi connectivity index (χ2v) is 2.74. The minimum Gasteiger partial charge on any atom is -0.368 e. The molecule has 0 aromatic rings. The fraction of sp³-hybridized carbons (Fsp3) is 1.00. The Morgan fingerprint density at radius 1 is 1.12 bits per heavy atom. The van der Waals surface area contributed by atoms with E-state index in [0.29, 0.717) is 0 Å². The van der Waals surface area contributed by atoms with Gasteiger partial charge in [0.1, 0.15) is 0 Å². The first kappa shape index (κ1) is 10.8. The van der Waals surface area contributed by atoms with Crippen LogP contribution < -0.4 is 0 Å². The number of aliphatic hydroxyl groups excluding tert-OH is 1. The highest BCUT2D eigenvalue weighted by molar-refractivity contribution is 4.61. The summed E-state index contributed by atoms with van der Waals surface area (Å²) >= 11 is 0. The number of hydrogen-bond acceptors (Lipinski definition) is 2. The molecule has 0 radical (unpaired) electrons. The Morgan fingerprint density at radius 2 is 1.25 bits per heavy atom. The first-order chi connectivity index (χ1) is 2.94. The van der Waals surface area contributed by atoms with Crippen LogP contribution in [-0.4, -0.2) is 16.5 Å². The van der Waals surface area contributed by atoms with Crippen molar-refractivity contribution >= 4 is 0 Å². The van der Waals surface area contributed by atoms with Crippen LogP contribution in [0.1, 0.15) is 28.2 Å². The van der Waals surface area contributed by atoms with Gasteiger partial charge in [0.05, 0.1) is 0 Å². The lowest BCUT2D eigenvalue weighted by molar-refractivity contribution is -0.113. The summed E-state index contributed by atoms with van der Waals surface area (Å²) < 4.78 is 0. The van der Waals surface area contributed by atoms with Crippen molar-refractivity contribution in [3.05, 3.63) is 0 Å². The smallest absolute Gasteiger partial charge is 0.156 e. The van der Waals surface area contributed by atoms with Crippen molar-refractivity contribution in [3.8, 4) is 0 Å². The summed E-state index contributed by atoms with van der Waals surface area (Å²) in [5, 5.41) is 16.9. The summed E-state index contributed by atoms with van der Waals surface area (Å²) in [7, 11) is 0. The van der Waals surface area contributed by atoms with Gasteiger partial charge in [-0.3, -0.25) is 0 Å². The van der Waals surface area contributed by atoms with Crippen LogP contribution in [0.15, 0.2) is 0 Å². The quantitative estimate of drug-likeness (QED) is 0.468. The lowest BCUT2D eigenvalue weighted by atomic mass is 9.96. The molecule has 0 aliphatic rings. The maximum atomic E-state index is 8.44. The van der Waals surface area contributed by atoms with Crippen molar-refractivity contribution < 1.29 is 10.2 Å². The zero-order valence-corrected chi connectivity index (χ0v) is 4.97. The van der Waals surface area contributed by atoms with E-state index in [1.54, 1.807) is 20.8 Å². The van der Waals surface area contributed by atoms with Crippen LogP contribution in [0, 0.1) is 5.41 Å². The van der Waals surface area contributed by atoms with Gasteiger partial charge in [0, 0.05) is 5.41 Å². The van der Waals surface area contributed by atoms with Gasteiger partial charge in [-0.05, 0) is 0 Å². The molecule has 0 bridgehead atoms. The second-order valence-electron chi connectivity index (χ2n) is 2.74. The lowest BCUT2D eigenvalue weighted by Crippen LogP contribution is -2.24. The summed E-state index contributed by atoms with van der Waals surface area (Å²) in [6.07, 6.45) is -1.20. The Hall–Kier alpha value is -0.0800. The summed E-state index contributed by atoms with van der Waals surface area (Å²) in [6.45, 7) is 5.28. The third kappa shape index (κ3) is 4.09. The van der Waals surface area contributed by atoms with Gasteiger partial charge in [-0.1, -0.05) is 28.2 Å². The molecule has 2 N–H and O–H groups in total. The molecule has 2 nitrogen and oxygen atoms in total. The molecule has 52 valence electrons. The van der Waals surface area contributed by atoms with E-state index in [1.807, 2.05) is 0 Å². The van der Waals surface area contributed by atoms with Crippen LogP contribution in [0.25, 0.3) is 0 Å². The lowest BCUT2D eigenvalue weighted by Gasteiger charge is -2.19. The molecule has 0 aromatic heterocycles. The van der Waals surface area contributed by atoms with Crippen LogP contribution >= 0.6 is 0 Å². The molecule has 0 unspecified atom stereocenters. The van der Waals surface area contributed by atoms with Crippen LogP contribution in [-0.2, 0) is 0 Å². The van der Waals surface area contributed by atoms with Crippen LogP contribution in [0.2, 0.25) is 0 Å². The predicted octanol–water partition coefficient (Wildman–Crippen LogP) is 0.979. The van der Waals surface area contributed by atoms with Gasteiger partial charge in [-0.15, -0.1) is 0 Å². The highest BCUT2D eigenvalue weighted by Gasteiger charge is 2.18. The standard InChI is InChI=1S/C5H12O2.CH4/c1-5(2,3)4(6)7;/h4,6-7H,1-3H3;1H4. The van der Waals surface area contributed by atoms with Crippen LogP contribution in [0.5, 0.6) is 0 Å². The van der Waals surface area contributed by atoms with Gasteiger partial charge in [-0.2, -0.15) is 0 Å². The van der Waals surface area contributed by atoms with Crippen molar-refractivity contribution in [3.63, 3.8) is 0 Å². The van der Waals surface area contributed by atoms with Gasteiger partial charge in [0.2, 0.25) is 0 Å². The molecular weight excluding hydrogens is 104 g/mol. The Morgan fingerprint density at radius 3 is 1.25 bits per heavy atom. The zero-order chi connectivity index (χ0) is 6.08. The van der Waals surface area contributed by atoms with Crippen molar-refractivity contribution in [1.82, 2.24) is 0 Å². The molecule has 0 saturated carbocycles. The summed E-state index contributed by atoms with van der Waals surface area (Å²) in [5.74, 6) is 0. The van der Waals surface area contributed by atoms with Crippen molar-refractivity contribution in [2.24, 2.45) is 5.41 Å². The average Bonchev–Trinajstić information content (AvgIpc) is 1.31. The minimum atomic E-state index is -1.20. The van der Waals surface area contributed by atoms with Gasteiger partial charge in [0.15, 0.2) is 6.29 Å². The van der Waals surface area contributed by atoms with Gasteiger partial charge in [0.25, 0.3) is 0 Å². The predicted molar refractivity (Wildman–Crippen MR) is 34.4 cm³/mol. The molecule has 0 rings (SSSR count). The van der Waals surface area contributed by atoms with Crippen LogP contribution in [0.3, 0.4) is 0 Å². The van der Waals surface area contributed by atoms with E-state index in [4.69, 9.17) is 10.2 Å². The fourth-order valence-corrected chi connectivity index (χ4v) is 0. The SMILES string of the molecule is C.CC(C)(C)C(O)O. The maximum Gasteiger partial charge on any atom is 0.156 e. The first-order valence-corrected chi connectivity index (χ1v) is 2.31. The number of rotatable bonds is 0. The Bertz CT molecular complexity index is 52.0. The Balaban J connectivity index is 0. The monoisotopic (exact) mass is 120 g/mol. The van der Waals surface area contributed by atoms with Crippen LogP contribution in [0.4, 0.5) is 0 Å². The van der Waals surface area contributed by atoms with E-state index < -0.39 is 6.29 Å². The number of aliphatic hydroxyl groups is 2. The Kier molecular flexibility index (Phi) is 4.12. The first-order valence-electron chi connectivity index (χ1n) is 2.31. The van der Waals surface area contributed by atoms with Gasteiger partial charge in [-0.25, -0.2) is 0 Å². The third-order valence-electron chi connectivity index (χ3n) is 0.775. The Labute approximate surface area is 51.2 Å². The fourth-order valence-electron chi connectivity index (χ4n) is 0. The summed E-state index contributed by atoms with van der Waals surface area (Å²) in [6, 6.07) is 0. The van der Waals surface area contributed by atoms with Gasteiger partial charge >= 0.3 is 0 Å². The van der Waals surface area contributed by atoms with E-state index in [-0.39, 0.29) is 12.8 Å². The topological polar surface area (TPSA) is 40.5 Å². The molecule has 0 aliphatic heterocycles. The molecular formula is C6H16O2.